The van der Waals surface area contributed by atoms with E-state index in [2.05, 4.69) is 5.32 Å². The van der Waals surface area contributed by atoms with Crippen molar-refractivity contribution in [3.05, 3.63) is 52.5 Å². The van der Waals surface area contributed by atoms with Crippen molar-refractivity contribution in [2.75, 3.05) is 32.8 Å². The van der Waals surface area contributed by atoms with Gasteiger partial charge in [0.2, 0.25) is 5.91 Å². The van der Waals surface area contributed by atoms with Gasteiger partial charge in [0.1, 0.15) is 18.5 Å². The van der Waals surface area contributed by atoms with Crippen LogP contribution in [0.15, 0.2) is 42.5 Å². The Morgan fingerprint density at radius 2 is 1.74 bits per heavy atom. The van der Waals surface area contributed by atoms with Crippen LogP contribution in [0.4, 0.5) is 4.79 Å². The number of ether oxygens (including phenoxy) is 2. The third kappa shape index (κ3) is 5.11. The third-order valence-corrected chi connectivity index (χ3v) is 7.28. The van der Waals surface area contributed by atoms with Gasteiger partial charge in [-0.25, -0.2) is 4.79 Å². The molecule has 3 aliphatic heterocycles. The van der Waals surface area contributed by atoms with E-state index in [9.17, 15) is 9.59 Å². The minimum atomic E-state index is -0.125. The van der Waals surface area contributed by atoms with E-state index in [1.807, 2.05) is 52.3 Å². The van der Waals surface area contributed by atoms with Gasteiger partial charge in [-0.15, -0.1) is 0 Å². The molecule has 180 valence electrons. The molecule has 3 saturated heterocycles. The van der Waals surface area contributed by atoms with Crippen molar-refractivity contribution >= 4 is 35.1 Å². The lowest BCUT2D eigenvalue weighted by atomic mass is 10.0. The Bertz CT molecular complexity index is 1060. The van der Waals surface area contributed by atoms with Gasteiger partial charge in [-0.2, -0.15) is 0 Å². The highest BCUT2D eigenvalue weighted by molar-refractivity contribution is 6.33. The third-order valence-electron chi connectivity index (χ3n) is 6.70. The number of fused-ring (bicyclic) bond motifs is 1. The van der Waals surface area contributed by atoms with Gasteiger partial charge in [-0.1, -0.05) is 35.3 Å². The molecule has 9 heteroatoms. The maximum absolute atomic E-state index is 13.1. The molecule has 0 bridgehead atoms. The number of hydrogen-bond donors (Lipinski definition) is 1. The first-order valence-electron chi connectivity index (χ1n) is 11.6. The number of rotatable bonds is 3. The quantitative estimate of drug-likeness (QED) is 0.680. The molecule has 0 aromatic heterocycles. The van der Waals surface area contributed by atoms with E-state index in [4.69, 9.17) is 32.7 Å². The number of nitrogens with one attached hydrogen (secondary N) is 1. The minimum absolute atomic E-state index is 0.00183. The number of likely N-dealkylation sites (tertiary alicyclic amines) is 2. The molecule has 0 aliphatic carbocycles. The molecule has 0 saturated carbocycles. The van der Waals surface area contributed by atoms with Crippen LogP contribution in [0, 0.1) is 0 Å². The molecule has 0 spiro atoms. The van der Waals surface area contributed by atoms with Crippen LogP contribution in [0.3, 0.4) is 0 Å². The van der Waals surface area contributed by atoms with Gasteiger partial charge in [-0.05, 0) is 42.3 Å². The summed E-state index contributed by atoms with van der Waals surface area (Å²) in [4.78, 5) is 28.4. The van der Waals surface area contributed by atoms with E-state index in [-0.39, 0.29) is 36.8 Å². The molecular weight excluding hydrogens is 477 g/mol. The maximum Gasteiger partial charge on any atom is 0.320 e. The fourth-order valence-electron chi connectivity index (χ4n) is 4.86. The van der Waals surface area contributed by atoms with Gasteiger partial charge in [0.25, 0.3) is 0 Å². The summed E-state index contributed by atoms with van der Waals surface area (Å²) in [5.41, 5.74) is 1.87. The lowest BCUT2D eigenvalue weighted by Gasteiger charge is -2.43. The van der Waals surface area contributed by atoms with E-state index < -0.39 is 0 Å². The highest BCUT2D eigenvalue weighted by Gasteiger charge is 2.38. The standard InChI is InChI=1S/C25H27Cl2N3O4/c26-17-3-1-16(2-4-17)20-13-19(5-6-21(20)27)34-18-7-10-29(11-8-18)25(32)30-12-9-23-22(14-30)28-24(31)15-33-23/h1-6,13,18,22-23H,7-12,14-15H2,(H,28,31)/t22-,23+/m1/s1. The number of carbonyl (C=O) groups is 2. The first-order valence-corrected chi connectivity index (χ1v) is 12.4. The molecule has 2 aromatic carbocycles. The topological polar surface area (TPSA) is 71.1 Å². The Morgan fingerprint density at radius 3 is 2.50 bits per heavy atom. The first-order chi connectivity index (χ1) is 16.5. The summed E-state index contributed by atoms with van der Waals surface area (Å²) in [6.45, 7) is 2.51. The van der Waals surface area contributed by atoms with E-state index in [1.54, 1.807) is 0 Å². The van der Waals surface area contributed by atoms with E-state index in [0.29, 0.717) is 36.2 Å². The van der Waals surface area contributed by atoms with Crippen molar-refractivity contribution in [3.8, 4) is 16.9 Å². The molecule has 3 amide bonds. The minimum Gasteiger partial charge on any atom is -0.490 e. The molecule has 2 atom stereocenters. The van der Waals surface area contributed by atoms with Crippen molar-refractivity contribution in [2.24, 2.45) is 0 Å². The summed E-state index contributed by atoms with van der Waals surface area (Å²) in [5.74, 6) is 0.643. The Labute approximate surface area is 208 Å². The molecule has 1 N–H and O–H groups in total. The van der Waals surface area contributed by atoms with Gasteiger partial charge >= 0.3 is 6.03 Å². The van der Waals surface area contributed by atoms with Crippen LogP contribution < -0.4 is 10.1 Å². The second kappa shape index (κ2) is 10.0. The van der Waals surface area contributed by atoms with E-state index in [0.717, 1.165) is 36.1 Å². The molecule has 7 nitrogen and oxygen atoms in total. The number of nitrogens with zero attached hydrogens (tertiary/aromatic N) is 2. The molecular formula is C25H27Cl2N3O4. The summed E-state index contributed by atoms with van der Waals surface area (Å²) in [6, 6.07) is 13.1. The van der Waals surface area contributed by atoms with Crippen LogP contribution in [-0.2, 0) is 9.53 Å². The molecule has 5 rings (SSSR count). The number of halogens is 2. The average molecular weight is 504 g/mol. The molecule has 0 radical (unpaired) electrons. The summed E-state index contributed by atoms with van der Waals surface area (Å²) in [5, 5.41) is 4.28. The SMILES string of the molecule is O=C1CO[C@H]2CCN(C(=O)N3CCC(Oc4ccc(Cl)c(-c5ccc(Cl)cc5)c4)CC3)C[C@H]2N1. The predicted octanol–water partition coefficient (Wildman–Crippen LogP) is 4.21. The largest absolute Gasteiger partial charge is 0.490 e. The highest BCUT2D eigenvalue weighted by Crippen LogP contribution is 2.33. The van der Waals surface area contributed by atoms with E-state index in [1.165, 1.54) is 0 Å². The number of piperidine rings is 2. The van der Waals surface area contributed by atoms with Gasteiger partial charge < -0.3 is 24.6 Å². The van der Waals surface area contributed by atoms with Crippen LogP contribution in [0.1, 0.15) is 19.3 Å². The number of carbonyl (C=O) groups excluding carboxylic acids is 2. The van der Waals surface area contributed by atoms with Crippen LogP contribution in [0.2, 0.25) is 10.0 Å². The smallest absolute Gasteiger partial charge is 0.320 e. The summed E-state index contributed by atoms with van der Waals surface area (Å²) in [7, 11) is 0. The zero-order valence-electron chi connectivity index (χ0n) is 18.7. The second-order valence-electron chi connectivity index (χ2n) is 8.99. The first kappa shape index (κ1) is 23.3. The van der Waals surface area contributed by atoms with Crippen LogP contribution in [-0.4, -0.2) is 72.8 Å². The summed E-state index contributed by atoms with van der Waals surface area (Å²) in [6.07, 6.45) is 2.27. The number of urea groups is 1. The van der Waals surface area contributed by atoms with Crippen LogP contribution >= 0.6 is 23.2 Å². The Hall–Kier alpha value is -2.48. The van der Waals surface area contributed by atoms with Crippen molar-refractivity contribution in [3.63, 3.8) is 0 Å². The highest BCUT2D eigenvalue weighted by atomic mass is 35.5. The Morgan fingerprint density at radius 1 is 1.00 bits per heavy atom. The predicted molar refractivity (Wildman–Crippen MR) is 130 cm³/mol. The molecule has 3 fully saturated rings. The maximum atomic E-state index is 13.1. The number of hydrogen-bond acceptors (Lipinski definition) is 4. The molecule has 2 aromatic rings. The lowest BCUT2D eigenvalue weighted by molar-refractivity contribution is -0.139. The average Bonchev–Trinajstić information content (AvgIpc) is 2.85. The van der Waals surface area contributed by atoms with Crippen molar-refractivity contribution in [1.29, 1.82) is 0 Å². The molecule has 3 heterocycles. The fourth-order valence-corrected chi connectivity index (χ4v) is 5.21. The van der Waals surface area contributed by atoms with Crippen LogP contribution in [0.25, 0.3) is 11.1 Å². The number of amides is 3. The summed E-state index contributed by atoms with van der Waals surface area (Å²) >= 11 is 12.4. The van der Waals surface area contributed by atoms with Gasteiger partial charge in [0.15, 0.2) is 0 Å². The number of morpholine rings is 1. The van der Waals surface area contributed by atoms with Gasteiger partial charge in [0.05, 0.1) is 12.1 Å². The Kier molecular flexibility index (Phi) is 6.86. The molecule has 0 unspecified atom stereocenters. The van der Waals surface area contributed by atoms with Gasteiger partial charge in [-0.3, -0.25) is 4.79 Å². The molecule has 3 aliphatic rings. The Balaban J connectivity index is 1.16. The lowest BCUT2D eigenvalue weighted by Crippen LogP contribution is -2.62. The van der Waals surface area contributed by atoms with Crippen molar-refractivity contribution in [2.45, 2.75) is 37.5 Å². The summed E-state index contributed by atoms with van der Waals surface area (Å²) < 4.78 is 11.8. The number of benzene rings is 2. The normalized spacial score (nSPS) is 23.3. The zero-order valence-corrected chi connectivity index (χ0v) is 20.2. The van der Waals surface area contributed by atoms with Crippen LogP contribution in [0.5, 0.6) is 5.75 Å². The molecule has 34 heavy (non-hydrogen) atoms. The fraction of sp³-hybridized carbons (Fsp3) is 0.440. The van der Waals surface area contributed by atoms with Crippen molar-refractivity contribution < 1.29 is 19.1 Å². The monoisotopic (exact) mass is 503 g/mol. The zero-order chi connectivity index (χ0) is 23.7. The van der Waals surface area contributed by atoms with Crippen molar-refractivity contribution in [1.82, 2.24) is 15.1 Å². The second-order valence-corrected chi connectivity index (χ2v) is 9.84. The van der Waals surface area contributed by atoms with E-state index >= 15 is 0 Å². The van der Waals surface area contributed by atoms with Gasteiger partial charge in [0, 0.05) is 54.6 Å².